The third kappa shape index (κ3) is 3.06. The van der Waals surface area contributed by atoms with Crippen molar-refractivity contribution < 1.29 is 9.47 Å². The molecule has 0 saturated carbocycles. The molecule has 0 atom stereocenters. The quantitative estimate of drug-likeness (QED) is 0.895. The minimum Gasteiger partial charge on any atom is -0.493 e. The number of para-hydroxylation sites is 1. The Balaban J connectivity index is 2.21. The molecule has 0 aliphatic carbocycles. The molecular weight excluding hydrogens is 238 g/mol. The normalized spacial score (nSPS) is 10.3. The summed E-state index contributed by atoms with van der Waals surface area (Å²) >= 11 is 0. The molecule has 0 aromatic heterocycles. The van der Waals surface area contributed by atoms with Crippen LogP contribution in [0, 0.1) is 6.92 Å². The van der Waals surface area contributed by atoms with E-state index in [-0.39, 0.29) is 0 Å². The lowest BCUT2D eigenvalue weighted by atomic mass is 10.1. The van der Waals surface area contributed by atoms with Crippen molar-refractivity contribution in [3.05, 3.63) is 59.2 Å². The van der Waals surface area contributed by atoms with E-state index in [1.165, 1.54) is 5.56 Å². The third-order valence-electron chi connectivity index (χ3n) is 3.13. The summed E-state index contributed by atoms with van der Waals surface area (Å²) in [5.74, 6) is 1.45. The maximum atomic E-state index is 5.91. The van der Waals surface area contributed by atoms with Gasteiger partial charge in [0.05, 0.1) is 7.11 Å². The van der Waals surface area contributed by atoms with Crippen molar-refractivity contribution in [3.8, 4) is 11.5 Å². The number of hydrogen-bond donors (Lipinski definition) is 1. The van der Waals surface area contributed by atoms with Gasteiger partial charge in [-0.3, -0.25) is 0 Å². The lowest BCUT2D eigenvalue weighted by molar-refractivity contribution is 0.281. The topological polar surface area (TPSA) is 44.5 Å². The highest BCUT2D eigenvalue weighted by atomic mass is 16.5. The Morgan fingerprint density at radius 2 is 1.74 bits per heavy atom. The Morgan fingerprint density at radius 1 is 1.00 bits per heavy atom. The monoisotopic (exact) mass is 257 g/mol. The van der Waals surface area contributed by atoms with Gasteiger partial charge < -0.3 is 15.2 Å². The van der Waals surface area contributed by atoms with E-state index in [1.807, 2.05) is 30.3 Å². The summed E-state index contributed by atoms with van der Waals surface area (Å²) < 4.78 is 11.2. The number of aryl methyl sites for hydroxylation is 1. The number of rotatable bonds is 5. The zero-order valence-corrected chi connectivity index (χ0v) is 11.3. The van der Waals surface area contributed by atoms with E-state index < -0.39 is 0 Å². The van der Waals surface area contributed by atoms with Crippen molar-refractivity contribution in [2.75, 3.05) is 7.11 Å². The predicted octanol–water partition coefficient (Wildman–Crippen LogP) is 3.04. The van der Waals surface area contributed by atoms with Crippen LogP contribution in [0.5, 0.6) is 11.5 Å². The van der Waals surface area contributed by atoms with Gasteiger partial charge in [-0.25, -0.2) is 0 Å². The van der Waals surface area contributed by atoms with E-state index in [4.69, 9.17) is 15.2 Å². The first-order valence-corrected chi connectivity index (χ1v) is 6.29. The minimum atomic E-state index is 0.431. The molecule has 2 rings (SSSR count). The van der Waals surface area contributed by atoms with Crippen molar-refractivity contribution in [2.24, 2.45) is 5.73 Å². The summed E-state index contributed by atoms with van der Waals surface area (Å²) in [5.41, 5.74) is 9.07. The van der Waals surface area contributed by atoms with Gasteiger partial charge in [0.1, 0.15) is 6.61 Å². The average Bonchev–Trinajstić information content (AvgIpc) is 2.46. The first kappa shape index (κ1) is 13.4. The first-order chi connectivity index (χ1) is 9.26. The Bertz CT molecular complexity index is 530. The highest BCUT2D eigenvalue weighted by molar-refractivity contribution is 5.46. The van der Waals surface area contributed by atoms with Crippen LogP contribution in [-0.4, -0.2) is 7.11 Å². The zero-order chi connectivity index (χ0) is 13.7. The van der Waals surface area contributed by atoms with Gasteiger partial charge in [0, 0.05) is 12.1 Å². The van der Waals surface area contributed by atoms with Crippen LogP contribution in [0.2, 0.25) is 0 Å². The molecule has 0 aliphatic rings. The second kappa shape index (κ2) is 6.25. The molecule has 0 amide bonds. The van der Waals surface area contributed by atoms with E-state index in [2.05, 4.69) is 19.1 Å². The molecule has 2 aromatic carbocycles. The fourth-order valence-electron chi connectivity index (χ4n) is 1.97. The number of methoxy groups -OCH3 is 1. The second-order valence-corrected chi connectivity index (χ2v) is 4.37. The van der Waals surface area contributed by atoms with Gasteiger partial charge in [0.15, 0.2) is 11.5 Å². The van der Waals surface area contributed by atoms with Crippen LogP contribution in [-0.2, 0) is 13.2 Å². The molecule has 0 fully saturated rings. The summed E-state index contributed by atoms with van der Waals surface area (Å²) in [7, 11) is 1.64. The smallest absolute Gasteiger partial charge is 0.166 e. The van der Waals surface area contributed by atoms with E-state index in [0.29, 0.717) is 13.2 Å². The Kier molecular flexibility index (Phi) is 4.42. The summed E-state index contributed by atoms with van der Waals surface area (Å²) in [6, 6.07) is 13.9. The van der Waals surface area contributed by atoms with Gasteiger partial charge in [0.25, 0.3) is 0 Å². The van der Waals surface area contributed by atoms with E-state index in [0.717, 1.165) is 22.6 Å². The molecule has 0 radical (unpaired) electrons. The van der Waals surface area contributed by atoms with Crippen LogP contribution in [0.4, 0.5) is 0 Å². The van der Waals surface area contributed by atoms with Crippen LogP contribution in [0.25, 0.3) is 0 Å². The van der Waals surface area contributed by atoms with Crippen molar-refractivity contribution in [3.63, 3.8) is 0 Å². The molecule has 0 heterocycles. The summed E-state index contributed by atoms with van der Waals surface area (Å²) in [4.78, 5) is 0. The molecule has 100 valence electrons. The molecule has 3 heteroatoms. The van der Waals surface area contributed by atoms with Crippen LogP contribution < -0.4 is 15.2 Å². The molecule has 0 unspecified atom stereocenters. The molecule has 0 saturated heterocycles. The minimum absolute atomic E-state index is 0.431. The van der Waals surface area contributed by atoms with Gasteiger partial charge in [0.2, 0.25) is 0 Å². The Morgan fingerprint density at radius 3 is 2.42 bits per heavy atom. The predicted molar refractivity (Wildman–Crippen MR) is 76.4 cm³/mol. The fraction of sp³-hybridized carbons (Fsp3) is 0.250. The number of nitrogens with two attached hydrogens (primary N) is 1. The largest absolute Gasteiger partial charge is 0.493 e. The molecule has 0 aliphatic heterocycles. The van der Waals surface area contributed by atoms with E-state index in [1.54, 1.807) is 7.11 Å². The van der Waals surface area contributed by atoms with Crippen molar-refractivity contribution >= 4 is 0 Å². The standard InChI is InChI=1S/C16H19NO2/c1-12-6-3-4-7-14(12)11-19-16-13(10-17)8-5-9-15(16)18-2/h3-9H,10-11,17H2,1-2H3. The maximum Gasteiger partial charge on any atom is 0.166 e. The number of hydrogen-bond acceptors (Lipinski definition) is 3. The third-order valence-corrected chi connectivity index (χ3v) is 3.13. The summed E-state index contributed by atoms with van der Waals surface area (Å²) in [6.45, 7) is 3.02. The Labute approximate surface area is 114 Å². The molecule has 3 nitrogen and oxygen atoms in total. The highest BCUT2D eigenvalue weighted by Gasteiger charge is 2.10. The molecule has 19 heavy (non-hydrogen) atoms. The van der Waals surface area contributed by atoms with Gasteiger partial charge in [-0.05, 0) is 24.1 Å². The van der Waals surface area contributed by atoms with Crippen molar-refractivity contribution in [1.29, 1.82) is 0 Å². The van der Waals surface area contributed by atoms with Crippen LogP contribution >= 0.6 is 0 Å². The van der Waals surface area contributed by atoms with Gasteiger partial charge >= 0.3 is 0 Å². The van der Waals surface area contributed by atoms with E-state index >= 15 is 0 Å². The lowest BCUT2D eigenvalue weighted by Gasteiger charge is -2.15. The van der Waals surface area contributed by atoms with Crippen LogP contribution in [0.1, 0.15) is 16.7 Å². The van der Waals surface area contributed by atoms with E-state index in [9.17, 15) is 0 Å². The van der Waals surface area contributed by atoms with Crippen molar-refractivity contribution in [2.45, 2.75) is 20.1 Å². The molecule has 0 spiro atoms. The maximum absolute atomic E-state index is 5.91. The van der Waals surface area contributed by atoms with Crippen LogP contribution in [0.3, 0.4) is 0 Å². The number of benzene rings is 2. The number of ether oxygens (including phenoxy) is 2. The highest BCUT2D eigenvalue weighted by Crippen LogP contribution is 2.31. The van der Waals surface area contributed by atoms with Gasteiger partial charge in [-0.2, -0.15) is 0 Å². The molecule has 2 N–H and O–H groups in total. The molecular formula is C16H19NO2. The average molecular weight is 257 g/mol. The zero-order valence-electron chi connectivity index (χ0n) is 11.3. The molecule has 0 bridgehead atoms. The SMILES string of the molecule is COc1cccc(CN)c1OCc1ccccc1C. The van der Waals surface area contributed by atoms with Crippen molar-refractivity contribution in [1.82, 2.24) is 0 Å². The molecule has 2 aromatic rings. The second-order valence-electron chi connectivity index (χ2n) is 4.37. The first-order valence-electron chi connectivity index (χ1n) is 6.29. The lowest BCUT2D eigenvalue weighted by Crippen LogP contribution is -2.05. The fourth-order valence-corrected chi connectivity index (χ4v) is 1.97. The summed E-state index contributed by atoms with van der Waals surface area (Å²) in [6.07, 6.45) is 0. The summed E-state index contributed by atoms with van der Waals surface area (Å²) in [5, 5.41) is 0. The Hall–Kier alpha value is -2.00. The van der Waals surface area contributed by atoms with Gasteiger partial charge in [-0.1, -0.05) is 36.4 Å². The van der Waals surface area contributed by atoms with Gasteiger partial charge in [-0.15, -0.1) is 0 Å². The van der Waals surface area contributed by atoms with Crippen LogP contribution in [0.15, 0.2) is 42.5 Å².